The van der Waals surface area contributed by atoms with Crippen LogP contribution in [-0.2, 0) is 19.6 Å². The predicted molar refractivity (Wildman–Crippen MR) is 69.9 cm³/mol. The van der Waals surface area contributed by atoms with Crippen molar-refractivity contribution in [3.8, 4) is 0 Å². The van der Waals surface area contributed by atoms with E-state index in [1.807, 2.05) is 0 Å². The van der Waals surface area contributed by atoms with Crippen molar-refractivity contribution in [2.75, 3.05) is 20.2 Å². The van der Waals surface area contributed by atoms with Gasteiger partial charge in [-0.2, -0.15) is 4.31 Å². The molecule has 6 heteroatoms. The van der Waals surface area contributed by atoms with E-state index in [-0.39, 0.29) is 23.3 Å². The molecule has 104 valence electrons. The van der Waals surface area contributed by atoms with E-state index in [1.165, 1.54) is 11.4 Å². The van der Waals surface area contributed by atoms with Crippen molar-refractivity contribution in [3.05, 3.63) is 30.3 Å². The standard InChI is InChI=1S/C13H17NO4S/c1-18-13(15)11-6-5-9-14(10-11)19(16,17)12-7-3-2-4-8-12/h2-4,7-8,11H,5-6,9-10H2,1H3. The molecule has 1 saturated heterocycles. The average Bonchev–Trinajstić information content (AvgIpc) is 2.47. The van der Waals surface area contributed by atoms with Crippen LogP contribution in [-0.4, -0.2) is 38.9 Å². The molecule has 0 saturated carbocycles. The molecule has 1 aliphatic heterocycles. The fourth-order valence-corrected chi connectivity index (χ4v) is 3.81. The summed E-state index contributed by atoms with van der Waals surface area (Å²) in [5.41, 5.74) is 0. The van der Waals surface area contributed by atoms with E-state index in [0.717, 1.165) is 0 Å². The molecule has 0 aliphatic carbocycles. The number of nitrogens with zero attached hydrogens (tertiary/aromatic N) is 1. The molecule has 1 unspecified atom stereocenters. The van der Waals surface area contributed by atoms with Gasteiger partial charge in [0.25, 0.3) is 0 Å². The first-order chi connectivity index (χ1) is 9.05. The third-order valence-electron chi connectivity index (χ3n) is 3.30. The molecule has 0 aromatic heterocycles. The number of hydrogen-bond donors (Lipinski definition) is 0. The Labute approximate surface area is 113 Å². The van der Waals surface area contributed by atoms with E-state index in [4.69, 9.17) is 4.74 Å². The minimum absolute atomic E-state index is 0.198. The molecule has 1 aliphatic rings. The van der Waals surface area contributed by atoms with Crippen molar-refractivity contribution in [1.82, 2.24) is 4.31 Å². The third-order valence-corrected chi connectivity index (χ3v) is 5.18. The average molecular weight is 283 g/mol. The number of benzene rings is 1. The number of sulfonamides is 1. The van der Waals surface area contributed by atoms with Gasteiger partial charge in [0, 0.05) is 13.1 Å². The Kier molecular flexibility index (Phi) is 4.21. The molecule has 2 rings (SSSR count). The van der Waals surface area contributed by atoms with E-state index in [0.29, 0.717) is 19.4 Å². The second kappa shape index (κ2) is 5.71. The largest absolute Gasteiger partial charge is 0.469 e. The maximum Gasteiger partial charge on any atom is 0.309 e. The highest BCUT2D eigenvalue weighted by Crippen LogP contribution is 2.24. The molecule has 0 spiro atoms. The summed E-state index contributed by atoms with van der Waals surface area (Å²) in [5, 5.41) is 0. The Morgan fingerprint density at radius 1 is 1.32 bits per heavy atom. The zero-order chi connectivity index (χ0) is 13.9. The minimum atomic E-state index is -3.51. The van der Waals surface area contributed by atoms with E-state index in [2.05, 4.69) is 0 Å². The summed E-state index contributed by atoms with van der Waals surface area (Å²) in [6.45, 7) is 0.647. The highest BCUT2D eigenvalue weighted by molar-refractivity contribution is 7.89. The van der Waals surface area contributed by atoms with Crippen LogP contribution < -0.4 is 0 Å². The van der Waals surface area contributed by atoms with Crippen LogP contribution in [0.3, 0.4) is 0 Å². The molecule has 1 aromatic carbocycles. The van der Waals surface area contributed by atoms with E-state index in [9.17, 15) is 13.2 Å². The van der Waals surface area contributed by atoms with Crippen molar-refractivity contribution in [1.29, 1.82) is 0 Å². The fourth-order valence-electron chi connectivity index (χ4n) is 2.26. The summed E-state index contributed by atoms with van der Waals surface area (Å²) >= 11 is 0. The molecule has 19 heavy (non-hydrogen) atoms. The first-order valence-corrected chi connectivity index (χ1v) is 7.62. The number of methoxy groups -OCH3 is 1. The normalized spacial score (nSPS) is 21.0. The lowest BCUT2D eigenvalue weighted by molar-refractivity contribution is -0.146. The van der Waals surface area contributed by atoms with Gasteiger partial charge in [0.2, 0.25) is 10.0 Å². The molecule has 0 bridgehead atoms. The lowest BCUT2D eigenvalue weighted by Crippen LogP contribution is -2.42. The Morgan fingerprint density at radius 2 is 2.00 bits per heavy atom. The van der Waals surface area contributed by atoms with Gasteiger partial charge < -0.3 is 4.74 Å². The molecule has 0 amide bonds. The van der Waals surface area contributed by atoms with Crippen molar-refractivity contribution in [2.24, 2.45) is 5.92 Å². The number of hydrogen-bond acceptors (Lipinski definition) is 4. The SMILES string of the molecule is COC(=O)C1CCCN(S(=O)(=O)c2ccccc2)C1. The molecule has 5 nitrogen and oxygen atoms in total. The Bertz CT molecular complexity index is 541. The van der Waals surface area contributed by atoms with Gasteiger partial charge in [-0.1, -0.05) is 18.2 Å². The molecule has 1 aromatic rings. The Morgan fingerprint density at radius 3 is 2.63 bits per heavy atom. The number of piperidine rings is 1. The summed E-state index contributed by atoms with van der Waals surface area (Å²) < 4.78 is 30.9. The maximum atomic E-state index is 12.4. The van der Waals surface area contributed by atoms with Gasteiger partial charge in [0.1, 0.15) is 0 Å². The number of rotatable bonds is 3. The third kappa shape index (κ3) is 2.96. The van der Waals surface area contributed by atoms with Gasteiger partial charge in [0.05, 0.1) is 17.9 Å². The minimum Gasteiger partial charge on any atom is -0.469 e. The Balaban J connectivity index is 2.20. The predicted octanol–water partition coefficient (Wildman–Crippen LogP) is 1.26. The van der Waals surface area contributed by atoms with Crippen LogP contribution in [0.15, 0.2) is 35.2 Å². The molecular weight excluding hydrogens is 266 g/mol. The summed E-state index contributed by atoms with van der Waals surface area (Å²) in [6.07, 6.45) is 1.35. The van der Waals surface area contributed by atoms with Crippen molar-refractivity contribution < 1.29 is 17.9 Å². The highest BCUT2D eigenvalue weighted by atomic mass is 32.2. The zero-order valence-corrected chi connectivity index (χ0v) is 11.6. The van der Waals surface area contributed by atoms with Crippen LogP contribution in [0.2, 0.25) is 0 Å². The molecule has 0 N–H and O–H groups in total. The second-order valence-electron chi connectivity index (χ2n) is 4.54. The van der Waals surface area contributed by atoms with Gasteiger partial charge >= 0.3 is 5.97 Å². The highest BCUT2D eigenvalue weighted by Gasteiger charge is 2.33. The summed E-state index contributed by atoms with van der Waals surface area (Å²) in [4.78, 5) is 11.8. The van der Waals surface area contributed by atoms with Crippen molar-refractivity contribution in [2.45, 2.75) is 17.7 Å². The van der Waals surface area contributed by atoms with Crippen molar-refractivity contribution >= 4 is 16.0 Å². The smallest absolute Gasteiger partial charge is 0.309 e. The molecule has 0 radical (unpaired) electrons. The molecule has 1 heterocycles. The van der Waals surface area contributed by atoms with Crippen LogP contribution in [0.4, 0.5) is 0 Å². The lowest BCUT2D eigenvalue weighted by Gasteiger charge is -2.30. The molecule has 1 fully saturated rings. The van der Waals surface area contributed by atoms with Crippen LogP contribution in [0.5, 0.6) is 0 Å². The van der Waals surface area contributed by atoms with Gasteiger partial charge in [-0.05, 0) is 25.0 Å². The van der Waals surface area contributed by atoms with E-state index in [1.54, 1.807) is 30.3 Å². The van der Waals surface area contributed by atoms with E-state index >= 15 is 0 Å². The van der Waals surface area contributed by atoms with Crippen LogP contribution in [0, 0.1) is 5.92 Å². The first kappa shape index (κ1) is 14.0. The summed E-state index contributed by atoms with van der Waals surface area (Å²) in [5.74, 6) is -0.704. The van der Waals surface area contributed by atoms with Crippen molar-refractivity contribution in [3.63, 3.8) is 0 Å². The summed E-state index contributed by atoms with van der Waals surface area (Å²) in [6, 6.07) is 8.28. The van der Waals surface area contributed by atoms with Gasteiger partial charge in [-0.15, -0.1) is 0 Å². The number of ether oxygens (including phenoxy) is 1. The van der Waals surface area contributed by atoms with E-state index < -0.39 is 10.0 Å². The van der Waals surface area contributed by atoms with Gasteiger partial charge in [-0.3, -0.25) is 4.79 Å². The number of esters is 1. The number of carbonyl (C=O) groups excluding carboxylic acids is 1. The molecular formula is C13H17NO4S. The number of carbonyl (C=O) groups is 1. The fraction of sp³-hybridized carbons (Fsp3) is 0.462. The second-order valence-corrected chi connectivity index (χ2v) is 6.48. The van der Waals surface area contributed by atoms with Crippen LogP contribution in [0.1, 0.15) is 12.8 Å². The van der Waals surface area contributed by atoms with Crippen LogP contribution >= 0.6 is 0 Å². The topological polar surface area (TPSA) is 63.7 Å². The maximum absolute atomic E-state index is 12.4. The monoisotopic (exact) mass is 283 g/mol. The first-order valence-electron chi connectivity index (χ1n) is 6.18. The zero-order valence-electron chi connectivity index (χ0n) is 10.8. The van der Waals surface area contributed by atoms with Gasteiger partial charge in [-0.25, -0.2) is 8.42 Å². The summed E-state index contributed by atoms with van der Waals surface area (Å²) in [7, 11) is -2.18. The lowest BCUT2D eigenvalue weighted by atomic mass is 10.0. The quantitative estimate of drug-likeness (QED) is 0.783. The molecule has 1 atom stereocenters. The Hall–Kier alpha value is -1.40. The van der Waals surface area contributed by atoms with Gasteiger partial charge in [0.15, 0.2) is 0 Å². The van der Waals surface area contributed by atoms with Crippen LogP contribution in [0.25, 0.3) is 0 Å².